The summed E-state index contributed by atoms with van der Waals surface area (Å²) in [5, 5.41) is 0. The van der Waals surface area contributed by atoms with Crippen molar-refractivity contribution in [1.82, 2.24) is 9.97 Å². The first-order valence-corrected chi connectivity index (χ1v) is 6.95. The van der Waals surface area contributed by atoms with E-state index < -0.39 is 5.60 Å². The van der Waals surface area contributed by atoms with Crippen molar-refractivity contribution in [3.05, 3.63) is 27.4 Å². The van der Waals surface area contributed by atoms with E-state index in [2.05, 4.69) is 9.97 Å². The highest BCUT2D eigenvalue weighted by Gasteiger charge is 2.38. The van der Waals surface area contributed by atoms with Crippen LogP contribution in [0.4, 0.5) is 0 Å². The molecule has 0 aliphatic carbocycles. The first-order chi connectivity index (χ1) is 9.13. The van der Waals surface area contributed by atoms with Crippen LogP contribution in [0.2, 0.25) is 0 Å². The van der Waals surface area contributed by atoms with Crippen LogP contribution in [0.5, 0.6) is 0 Å². The summed E-state index contributed by atoms with van der Waals surface area (Å²) in [6.07, 6.45) is 2.16. The molecule has 0 amide bonds. The predicted molar refractivity (Wildman–Crippen MR) is 72.3 cm³/mol. The fraction of sp³-hybridized carbons (Fsp3) is 0.714. The zero-order valence-corrected chi connectivity index (χ0v) is 11.9. The third kappa shape index (κ3) is 2.72. The summed E-state index contributed by atoms with van der Waals surface area (Å²) in [4.78, 5) is 19.6. The quantitative estimate of drug-likeness (QED) is 0.900. The van der Waals surface area contributed by atoms with Gasteiger partial charge in [-0.25, -0.2) is 4.98 Å². The zero-order valence-electron chi connectivity index (χ0n) is 11.9. The first kappa shape index (κ1) is 14.2. The first-order valence-electron chi connectivity index (χ1n) is 6.95. The van der Waals surface area contributed by atoms with Gasteiger partial charge in [0.25, 0.3) is 5.56 Å². The summed E-state index contributed by atoms with van der Waals surface area (Å²) < 4.78 is 11.3. The third-order valence-electron chi connectivity index (χ3n) is 3.73. The van der Waals surface area contributed by atoms with Gasteiger partial charge in [-0.3, -0.25) is 4.79 Å². The van der Waals surface area contributed by atoms with Gasteiger partial charge in [0, 0.05) is 43.9 Å². The number of aromatic amines is 1. The van der Waals surface area contributed by atoms with E-state index in [0.29, 0.717) is 32.1 Å². The SMILES string of the molecule is CCOC1(c2nc(C)c(CC)c(=O)[nH]2)CCOCC1. The Balaban J connectivity index is 2.45. The molecule has 5 heteroatoms. The summed E-state index contributed by atoms with van der Waals surface area (Å²) in [5.74, 6) is 0.650. The van der Waals surface area contributed by atoms with Gasteiger partial charge in [-0.05, 0) is 20.3 Å². The molecule has 0 atom stereocenters. The van der Waals surface area contributed by atoms with Crippen LogP contribution >= 0.6 is 0 Å². The molecule has 1 aromatic heterocycles. The van der Waals surface area contributed by atoms with Crippen molar-refractivity contribution in [3.8, 4) is 0 Å². The summed E-state index contributed by atoms with van der Waals surface area (Å²) in [6, 6.07) is 0. The number of aromatic nitrogens is 2. The molecule has 2 heterocycles. The topological polar surface area (TPSA) is 64.2 Å². The molecule has 0 saturated carbocycles. The van der Waals surface area contributed by atoms with Crippen molar-refractivity contribution in [2.24, 2.45) is 0 Å². The number of hydrogen-bond donors (Lipinski definition) is 1. The molecule has 0 spiro atoms. The van der Waals surface area contributed by atoms with Crippen molar-refractivity contribution in [2.75, 3.05) is 19.8 Å². The second-order valence-electron chi connectivity index (χ2n) is 4.87. The van der Waals surface area contributed by atoms with E-state index in [-0.39, 0.29) is 5.56 Å². The molecular weight excluding hydrogens is 244 g/mol. The van der Waals surface area contributed by atoms with Gasteiger partial charge in [-0.2, -0.15) is 0 Å². The summed E-state index contributed by atoms with van der Waals surface area (Å²) >= 11 is 0. The Hall–Kier alpha value is -1.20. The Morgan fingerprint density at radius 2 is 2.05 bits per heavy atom. The van der Waals surface area contributed by atoms with Crippen LogP contribution in [0, 0.1) is 6.92 Å². The number of aryl methyl sites for hydroxylation is 1. The van der Waals surface area contributed by atoms with Gasteiger partial charge in [0.1, 0.15) is 11.4 Å². The highest BCUT2D eigenvalue weighted by Crippen LogP contribution is 2.33. The largest absolute Gasteiger partial charge is 0.381 e. The van der Waals surface area contributed by atoms with Gasteiger partial charge in [0.15, 0.2) is 0 Å². The van der Waals surface area contributed by atoms with E-state index in [4.69, 9.17) is 9.47 Å². The van der Waals surface area contributed by atoms with E-state index in [9.17, 15) is 4.79 Å². The fourth-order valence-electron chi connectivity index (χ4n) is 2.67. The molecule has 2 rings (SSSR count). The van der Waals surface area contributed by atoms with Crippen LogP contribution in [-0.2, 0) is 21.5 Å². The maximum atomic E-state index is 12.1. The molecule has 0 aromatic carbocycles. The molecule has 5 nitrogen and oxygen atoms in total. The van der Waals surface area contributed by atoms with Crippen LogP contribution < -0.4 is 5.56 Å². The lowest BCUT2D eigenvalue weighted by atomic mass is 9.92. The Kier molecular flexibility index (Phi) is 4.37. The van der Waals surface area contributed by atoms with Gasteiger partial charge in [-0.15, -0.1) is 0 Å². The van der Waals surface area contributed by atoms with Gasteiger partial charge in [0.05, 0.1) is 0 Å². The van der Waals surface area contributed by atoms with E-state index in [1.54, 1.807) is 0 Å². The molecule has 1 aromatic rings. The number of nitrogens with zero attached hydrogens (tertiary/aromatic N) is 1. The Labute approximate surface area is 113 Å². The molecule has 1 aliphatic heterocycles. The normalized spacial score (nSPS) is 18.5. The maximum Gasteiger partial charge on any atom is 0.254 e. The van der Waals surface area contributed by atoms with E-state index >= 15 is 0 Å². The second-order valence-corrected chi connectivity index (χ2v) is 4.87. The van der Waals surface area contributed by atoms with Crippen LogP contribution in [0.15, 0.2) is 4.79 Å². The zero-order chi connectivity index (χ0) is 13.9. The molecular formula is C14H22N2O3. The van der Waals surface area contributed by atoms with Crippen LogP contribution in [-0.4, -0.2) is 29.8 Å². The van der Waals surface area contributed by atoms with Gasteiger partial charge < -0.3 is 14.5 Å². The Bertz CT molecular complexity index is 484. The molecule has 1 saturated heterocycles. The molecule has 0 unspecified atom stereocenters. The lowest BCUT2D eigenvalue weighted by molar-refractivity contribution is -0.118. The number of hydrogen-bond acceptors (Lipinski definition) is 4. The lowest BCUT2D eigenvalue weighted by Gasteiger charge is -2.36. The molecule has 1 N–H and O–H groups in total. The average Bonchev–Trinajstić information content (AvgIpc) is 2.40. The minimum atomic E-state index is -0.497. The summed E-state index contributed by atoms with van der Waals surface area (Å²) in [6.45, 7) is 7.68. The van der Waals surface area contributed by atoms with Gasteiger partial charge >= 0.3 is 0 Å². The van der Waals surface area contributed by atoms with E-state index in [1.807, 2.05) is 20.8 Å². The third-order valence-corrected chi connectivity index (χ3v) is 3.73. The molecule has 106 valence electrons. The van der Waals surface area contributed by atoms with Crippen molar-refractivity contribution in [1.29, 1.82) is 0 Å². The van der Waals surface area contributed by atoms with Crippen molar-refractivity contribution < 1.29 is 9.47 Å². The summed E-state index contributed by atoms with van der Waals surface area (Å²) in [7, 11) is 0. The minimum Gasteiger partial charge on any atom is -0.381 e. The fourth-order valence-corrected chi connectivity index (χ4v) is 2.67. The average molecular weight is 266 g/mol. The second kappa shape index (κ2) is 5.84. The van der Waals surface area contributed by atoms with Gasteiger partial charge in [-0.1, -0.05) is 6.92 Å². The molecule has 1 aliphatic rings. The minimum absolute atomic E-state index is 0.0458. The Morgan fingerprint density at radius 1 is 1.37 bits per heavy atom. The van der Waals surface area contributed by atoms with Crippen LogP contribution in [0.1, 0.15) is 43.8 Å². The number of ether oxygens (including phenoxy) is 2. The Morgan fingerprint density at radius 3 is 2.58 bits per heavy atom. The van der Waals surface area contributed by atoms with Crippen molar-refractivity contribution in [2.45, 2.75) is 45.6 Å². The smallest absolute Gasteiger partial charge is 0.254 e. The molecule has 0 bridgehead atoms. The monoisotopic (exact) mass is 266 g/mol. The standard InChI is InChI=1S/C14H22N2O3/c1-4-11-10(3)15-13(16-12(11)17)14(19-5-2)6-8-18-9-7-14/h4-9H2,1-3H3,(H,15,16,17). The maximum absolute atomic E-state index is 12.1. The molecule has 1 fully saturated rings. The summed E-state index contributed by atoms with van der Waals surface area (Å²) in [5.41, 5.74) is 1.01. The number of rotatable bonds is 4. The molecule has 0 radical (unpaired) electrons. The van der Waals surface area contributed by atoms with Gasteiger partial charge in [0.2, 0.25) is 0 Å². The van der Waals surface area contributed by atoms with Crippen LogP contribution in [0.3, 0.4) is 0 Å². The predicted octanol–water partition coefficient (Wildman–Crippen LogP) is 1.68. The van der Waals surface area contributed by atoms with E-state index in [1.165, 1.54) is 0 Å². The highest BCUT2D eigenvalue weighted by molar-refractivity contribution is 5.19. The van der Waals surface area contributed by atoms with Crippen molar-refractivity contribution >= 4 is 0 Å². The van der Waals surface area contributed by atoms with Crippen LogP contribution in [0.25, 0.3) is 0 Å². The number of H-pyrrole nitrogens is 1. The lowest BCUT2D eigenvalue weighted by Crippen LogP contribution is -2.40. The number of nitrogens with one attached hydrogen (secondary N) is 1. The van der Waals surface area contributed by atoms with E-state index in [0.717, 1.165) is 24.1 Å². The highest BCUT2D eigenvalue weighted by atomic mass is 16.5. The van der Waals surface area contributed by atoms with Crippen molar-refractivity contribution in [3.63, 3.8) is 0 Å². The molecule has 19 heavy (non-hydrogen) atoms.